The molecule has 2 atom stereocenters. The molecule has 1 fully saturated rings. The predicted octanol–water partition coefficient (Wildman–Crippen LogP) is 1.58. The van der Waals surface area contributed by atoms with Crippen molar-refractivity contribution in [1.29, 1.82) is 0 Å². The first kappa shape index (κ1) is 12.1. The Kier molecular flexibility index (Phi) is 4.64. The molecule has 15 heavy (non-hydrogen) atoms. The van der Waals surface area contributed by atoms with E-state index in [0.717, 1.165) is 38.8 Å². The first-order chi connectivity index (χ1) is 7.15. The zero-order chi connectivity index (χ0) is 11.3. The van der Waals surface area contributed by atoms with Crippen molar-refractivity contribution in [1.82, 2.24) is 4.90 Å². The van der Waals surface area contributed by atoms with Gasteiger partial charge in [0.15, 0.2) is 0 Å². The topological polar surface area (TPSA) is 40.5 Å². The highest BCUT2D eigenvalue weighted by molar-refractivity contribution is 5.70. The van der Waals surface area contributed by atoms with Crippen LogP contribution in [0.5, 0.6) is 0 Å². The van der Waals surface area contributed by atoms with E-state index in [9.17, 15) is 4.79 Å². The number of aliphatic carboxylic acids is 1. The van der Waals surface area contributed by atoms with Crippen molar-refractivity contribution in [2.45, 2.75) is 38.6 Å². The molecular weight excluding hydrogens is 190 g/mol. The molecule has 3 heteroatoms. The molecule has 1 heterocycles. The van der Waals surface area contributed by atoms with E-state index in [1.165, 1.54) is 0 Å². The van der Waals surface area contributed by atoms with Crippen LogP contribution in [-0.2, 0) is 4.79 Å². The van der Waals surface area contributed by atoms with Gasteiger partial charge in [-0.1, -0.05) is 0 Å². The van der Waals surface area contributed by atoms with Gasteiger partial charge in [0.05, 0.1) is 5.92 Å². The zero-order valence-corrected chi connectivity index (χ0v) is 9.28. The Labute approximate surface area is 91.5 Å². The maximum atomic E-state index is 10.8. The number of nitrogens with zero attached hydrogens (tertiary/aromatic N) is 1. The number of carboxylic acids is 1. The Morgan fingerprint density at radius 1 is 1.67 bits per heavy atom. The minimum atomic E-state index is -0.648. The Morgan fingerprint density at radius 3 is 2.93 bits per heavy atom. The first-order valence-corrected chi connectivity index (χ1v) is 5.55. The lowest BCUT2D eigenvalue weighted by Gasteiger charge is -2.36. The van der Waals surface area contributed by atoms with Crippen molar-refractivity contribution in [3.05, 3.63) is 0 Å². The standard InChI is InChI=1S/C12H19NO2/c1-3-4-5-7-13-8-6-11(12(14)15)9-10(13)2/h1,10-11H,4-9H2,2H3,(H,14,15). The summed E-state index contributed by atoms with van der Waals surface area (Å²) < 4.78 is 0. The summed E-state index contributed by atoms with van der Waals surface area (Å²) in [5.41, 5.74) is 0. The lowest BCUT2D eigenvalue weighted by Crippen LogP contribution is -2.43. The lowest BCUT2D eigenvalue weighted by molar-refractivity contribution is -0.144. The third-order valence-corrected chi connectivity index (χ3v) is 3.13. The molecule has 0 spiro atoms. The highest BCUT2D eigenvalue weighted by Gasteiger charge is 2.28. The van der Waals surface area contributed by atoms with E-state index in [0.29, 0.717) is 6.04 Å². The van der Waals surface area contributed by atoms with E-state index in [4.69, 9.17) is 11.5 Å². The summed E-state index contributed by atoms with van der Waals surface area (Å²) in [7, 11) is 0. The van der Waals surface area contributed by atoms with E-state index in [1.54, 1.807) is 0 Å². The summed E-state index contributed by atoms with van der Waals surface area (Å²) in [5, 5.41) is 8.91. The van der Waals surface area contributed by atoms with Gasteiger partial charge in [0.2, 0.25) is 0 Å². The summed E-state index contributed by atoms with van der Waals surface area (Å²) in [5.74, 6) is 1.83. The highest BCUT2D eigenvalue weighted by atomic mass is 16.4. The van der Waals surface area contributed by atoms with E-state index >= 15 is 0 Å². The van der Waals surface area contributed by atoms with Gasteiger partial charge >= 0.3 is 5.97 Å². The molecule has 1 saturated heterocycles. The van der Waals surface area contributed by atoms with E-state index in [1.807, 2.05) is 0 Å². The minimum Gasteiger partial charge on any atom is -0.481 e. The molecule has 1 aliphatic heterocycles. The molecule has 0 saturated carbocycles. The summed E-state index contributed by atoms with van der Waals surface area (Å²) >= 11 is 0. The first-order valence-electron chi connectivity index (χ1n) is 5.55. The fourth-order valence-electron chi connectivity index (χ4n) is 2.16. The zero-order valence-electron chi connectivity index (χ0n) is 9.28. The van der Waals surface area contributed by atoms with Gasteiger partial charge in [0.25, 0.3) is 0 Å². The Hall–Kier alpha value is -1.01. The smallest absolute Gasteiger partial charge is 0.306 e. The van der Waals surface area contributed by atoms with Crippen LogP contribution in [0.15, 0.2) is 0 Å². The second-order valence-corrected chi connectivity index (χ2v) is 4.25. The number of unbranched alkanes of at least 4 members (excludes halogenated alkanes) is 1. The molecule has 0 aliphatic carbocycles. The van der Waals surface area contributed by atoms with Gasteiger partial charge in [-0.05, 0) is 39.3 Å². The van der Waals surface area contributed by atoms with E-state index in [-0.39, 0.29) is 5.92 Å². The van der Waals surface area contributed by atoms with Crippen molar-refractivity contribution in [3.8, 4) is 12.3 Å². The lowest BCUT2D eigenvalue weighted by atomic mass is 9.91. The molecule has 0 aromatic heterocycles. The number of carboxylic acid groups (broad SMARTS) is 1. The molecule has 1 N–H and O–H groups in total. The summed E-state index contributed by atoms with van der Waals surface area (Å²) in [6.45, 7) is 3.99. The average molecular weight is 209 g/mol. The van der Waals surface area contributed by atoms with Crippen LogP contribution < -0.4 is 0 Å². The van der Waals surface area contributed by atoms with Crippen molar-refractivity contribution in [3.63, 3.8) is 0 Å². The molecule has 1 rings (SSSR count). The van der Waals surface area contributed by atoms with Gasteiger partial charge in [-0.2, -0.15) is 0 Å². The van der Waals surface area contributed by atoms with Gasteiger partial charge in [-0.25, -0.2) is 0 Å². The van der Waals surface area contributed by atoms with Crippen LogP contribution in [0.3, 0.4) is 0 Å². The molecular formula is C12H19NO2. The fraction of sp³-hybridized carbons (Fsp3) is 0.750. The predicted molar refractivity (Wildman–Crippen MR) is 59.5 cm³/mol. The number of hydrogen-bond donors (Lipinski definition) is 1. The number of piperidine rings is 1. The molecule has 0 bridgehead atoms. The van der Waals surface area contributed by atoms with Gasteiger partial charge in [-0.3, -0.25) is 4.79 Å². The second kappa shape index (κ2) is 5.77. The van der Waals surface area contributed by atoms with Crippen molar-refractivity contribution < 1.29 is 9.90 Å². The van der Waals surface area contributed by atoms with Crippen LogP contribution in [-0.4, -0.2) is 35.1 Å². The summed E-state index contributed by atoms with van der Waals surface area (Å²) in [6, 6.07) is 0.373. The quantitative estimate of drug-likeness (QED) is 0.564. The number of likely N-dealkylation sites (tertiary alicyclic amines) is 1. The third kappa shape index (κ3) is 3.56. The molecule has 3 nitrogen and oxygen atoms in total. The Balaban J connectivity index is 2.33. The normalized spacial score (nSPS) is 27.2. The van der Waals surface area contributed by atoms with Crippen LogP contribution in [0, 0.1) is 18.3 Å². The highest BCUT2D eigenvalue weighted by Crippen LogP contribution is 2.23. The van der Waals surface area contributed by atoms with E-state index < -0.39 is 5.97 Å². The van der Waals surface area contributed by atoms with Gasteiger partial charge in [-0.15, -0.1) is 12.3 Å². The molecule has 1 aliphatic rings. The number of rotatable bonds is 4. The molecule has 0 aromatic carbocycles. The van der Waals surface area contributed by atoms with E-state index in [2.05, 4.69) is 17.7 Å². The number of hydrogen-bond acceptors (Lipinski definition) is 2. The van der Waals surface area contributed by atoms with Crippen molar-refractivity contribution >= 4 is 5.97 Å². The average Bonchev–Trinajstić information content (AvgIpc) is 2.20. The molecule has 2 unspecified atom stereocenters. The van der Waals surface area contributed by atoms with Crippen molar-refractivity contribution in [2.24, 2.45) is 5.92 Å². The van der Waals surface area contributed by atoms with Crippen LogP contribution in [0.2, 0.25) is 0 Å². The summed E-state index contributed by atoms with van der Waals surface area (Å²) in [6.07, 6.45) is 8.56. The second-order valence-electron chi connectivity index (χ2n) is 4.25. The maximum Gasteiger partial charge on any atom is 0.306 e. The van der Waals surface area contributed by atoms with Crippen LogP contribution >= 0.6 is 0 Å². The monoisotopic (exact) mass is 209 g/mol. The molecule has 0 amide bonds. The Bertz CT molecular complexity index is 257. The SMILES string of the molecule is C#CCCCN1CCC(C(=O)O)CC1C. The van der Waals surface area contributed by atoms with Crippen LogP contribution in [0.1, 0.15) is 32.6 Å². The van der Waals surface area contributed by atoms with Crippen molar-refractivity contribution in [2.75, 3.05) is 13.1 Å². The minimum absolute atomic E-state index is 0.149. The van der Waals surface area contributed by atoms with Crippen LogP contribution in [0.25, 0.3) is 0 Å². The summed E-state index contributed by atoms with van der Waals surface area (Å²) in [4.78, 5) is 13.2. The fourth-order valence-corrected chi connectivity index (χ4v) is 2.16. The Morgan fingerprint density at radius 2 is 2.40 bits per heavy atom. The molecule has 0 aromatic rings. The number of terminal acetylenes is 1. The van der Waals surface area contributed by atoms with Gasteiger partial charge in [0, 0.05) is 12.5 Å². The molecule has 84 valence electrons. The molecule has 0 radical (unpaired) electrons. The maximum absolute atomic E-state index is 10.8. The number of carbonyl (C=O) groups is 1. The van der Waals surface area contributed by atoms with Gasteiger partial charge < -0.3 is 10.0 Å². The van der Waals surface area contributed by atoms with Gasteiger partial charge in [0.1, 0.15) is 0 Å². The van der Waals surface area contributed by atoms with Crippen LogP contribution in [0.4, 0.5) is 0 Å². The third-order valence-electron chi connectivity index (χ3n) is 3.13. The largest absolute Gasteiger partial charge is 0.481 e.